The molecular formula is C57H40N2O. The highest BCUT2D eigenvalue weighted by molar-refractivity contribution is 6.10. The molecule has 11 aromatic rings. The maximum absolute atomic E-state index is 6.51. The van der Waals surface area contributed by atoms with Crippen molar-refractivity contribution in [2.24, 2.45) is 0 Å². The predicted molar refractivity (Wildman–Crippen MR) is 251 cm³/mol. The highest BCUT2D eigenvalue weighted by Crippen LogP contribution is 2.51. The number of benzene rings is 9. The van der Waals surface area contributed by atoms with Gasteiger partial charge in [-0.05, 0) is 99.6 Å². The lowest BCUT2D eigenvalue weighted by Crippen LogP contribution is -2.16. The monoisotopic (exact) mass is 768 g/mol. The SMILES string of the molecule is CC1(C)c2ccccc2-c2ccc(N(c3ccc(-c4ccccc4-n4c5ccccc5c5ccccc54)c(-c4ccccc4)c3)c3ccc4c(c3)oc3ccccc34)cc21. The number of hydrogen-bond donors (Lipinski definition) is 0. The molecule has 0 aliphatic heterocycles. The molecule has 0 N–H and O–H groups in total. The van der Waals surface area contributed by atoms with Gasteiger partial charge < -0.3 is 13.9 Å². The fourth-order valence-electron chi connectivity index (χ4n) is 9.97. The molecule has 60 heavy (non-hydrogen) atoms. The van der Waals surface area contributed by atoms with Gasteiger partial charge in [0, 0.05) is 55.7 Å². The minimum atomic E-state index is -0.147. The second-order valence-electron chi connectivity index (χ2n) is 16.5. The molecule has 3 heteroatoms. The third kappa shape index (κ3) is 5.15. The summed E-state index contributed by atoms with van der Waals surface area (Å²) in [7, 11) is 0. The molecule has 0 saturated carbocycles. The molecule has 12 rings (SSSR count). The normalized spacial score (nSPS) is 13.0. The maximum Gasteiger partial charge on any atom is 0.137 e. The molecule has 284 valence electrons. The first-order valence-corrected chi connectivity index (χ1v) is 20.8. The van der Waals surface area contributed by atoms with Gasteiger partial charge in [0.2, 0.25) is 0 Å². The molecule has 0 bridgehead atoms. The number of furan rings is 1. The Balaban J connectivity index is 1.09. The van der Waals surface area contributed by atoms with Gasteiger partial charge >= 0.3 is 0 Å². The van der Waals surface area contributed by atoms with E-state index in [1.807, 2.05) is 6.07 Å². The third-order valence-corrected chi connectivity index (χ3v) is 12.8. The second kappa shape index (κ2) is 13.2. The van der Waals surface area contributed by atoms with Gasteiger partial charge in [-0.15, -0.1) is 0 Å². The number of fused-ring (bicyclic) bond motifs is 9. The Labute approximate surface area is 349 Å². The summed E-state index contributed by atoms with van der Waals surface area (Å²) in [6, 6.07) is 75.0. The third-order valence-electron chi connectivity index (χ3n) is 12.8. The first-order valence-electron chi connectivity index (χ1n) is 20.8. The lowest BCUT2D eigenvalue weighted by atomic mass is 9.82. The average molecular weight is 769 g/mol. The van der Waals surface area contributed by atoms with E-state index < -0.39 is 0 Å². The van der Waals surface area contributed by atoms with Crippen LogP contribution in [0.25, 0.3) is 82.8 Å². The molecule has 1 aliphatic rings. The minimum Gasteiger partial charge on any atom is -0.456 e. The summed E-state index contributed by atoms with van der Waals surface area (Å²) in [4.78, 5) is 2.40. The van der Waals surface area contributed by atoms with Gasteiger partial charge in [-0.1, -0.05) is 153 Å². The van der Waals surface area contributed by atoms with Gasteiger partial charge in [0.05, 0.1) is 16.7 Å². The molecule has 0 fully saturated rings. The maximum atomic E-state index is 6.51. The van der Waals surface area contributed by atoms with Crippen molar-refractivity contribution in [3.8, 4) is 39.1 Å². The molecule has 0 unspecified atom stereocenters. The van der Waals surface area contributed by atoms with Crippen LogP contribution in [0, 0.1) is 0 Å². The minimum absolute atomic E-state index is 0.147. The average Bonchev–Trinajstić information content (AvgIpc) is 3.92. The Hall–Kier alpha value is -7.62. The van der Waals surface area contributed by atoms with Crippen molar-refractivity contribution in [3.05, 3.63) is 217 Å². The van der Waals surface area contributed by atoms with Crippen LogP contribution in [0.3, 0.4) is 0 Å². The van der Waals surface area contributed by atoms with E-state index in [2.05, 4.69) is 224 Å². The van der Waals surface area contributed by atoms with Gasteiger partial charge in [-0.25, -0.2) is 0 Å². The standard InChI is InChI=1S/C57H40N2O/c1-57(2)50-23-11-6-18-42(50)43-32-29-39(35-51(43)57)58(40-30-33-48-47-22-10-15-27-55(47)60-56(48)36-40)38-28-31-41(49(34-38)37-16-4-3-5-17-37)44-19-7-12-24-52(44)59-53-25-13-8-20-45(53)46-21-9-14-26-54(46)59/h3-36H,1-2H3. The smallest absolute Gasteiger partial charge is 0.137 e. The summed E-state index contributed by atoms with van der Waals surface area (Å²) in [6.45, 7) is 4.70. The zero-order valence-electron chi connectivity index (χ0n) is 33.4. The lowest BCUT2D eigenvalue weighted by molar-refractivity contribution is 0.660. The van der Waals surface area contributed by atoms with Crippen LogP contribution >= 0.6 is 0 Å². The molecule has 2 heterocycles. The summed E-state index contributed by atoms with van der Waals surface area (Å²) in [5.74, 6) is 0. The molecule has 1 aliphatic carbocycles. The van der Waals surface area contributed by atoms with Gasteiger partial charge in [-0.2, -0.15) is 0 Å². The van der Waals surface area contributed by atoms with Crippen molar-refractivity contribution < 1.29 is 4.42 Å². The van der Waals surface area contributed by atoms with E-state index in [4.69, 9.17) is 4.42 Å². The zero-order valence-corrected chi connectivity index (χ0v) is 33.4. The number of nitrogens with zero attached hydrogens (tertiary/aromatic N) is 2. The predicted octanol–water partition coefficient (Wildman–Crippen LogP) is 15.8. The van der Waals surface area contributed by atoms with Crippen LogP contribution in [0.2, 0.25) is 0 Å². The van der Waals surface area contributed by atoms with Crippen LogP contribution in [0.5, 0.6) is 0 Å². The van der Waals surface area contributed by atoms with Crippen LogP contribution in [-0.4, -0.2) is 4.57 Å². The number of para-hydroxylation sites is 4. The van der Waals surface area contributed by atoms with E-state index in [1.165, 1.54) is 55.2 Å². The van der Waals surface area contributed by atoms with Crippen LogP contribution in [-0.2, 0) is 5.41 Å². The topological polar surface area (TPSA) is 21.3 Å². The molecule has 0 saturated heterocycles. The Morgan fingerprint density at radius 3 is 1.72 bits per heavy atom. The van der Waals surface area contributed by atoms with Crippen molar-refractivity contribution in [3.63, 3.8) is 0 Å². The first-order chi connectivity index (χ1) is 29.5. The highest BCUT2D eigenvalue weighted by Gasteiger charge is 2.36. The molecular weight excluding hydrogens is 729 g/mol. The number of hydrogen-bond acceptors (Lipinski definition) is 2. The molecule has 0 spiro atoms. The summed E-state index contributed by atoms with van der Waals surface area (Å²) >= 11 is 0. The molecule has 0 radical (unpaired) electrons. The highest BCUT2D eigenvalue weighted by atomic mass is 16.3. The van der Waals surface area contributed by atoms with E-state index in [1.54, 1.807) is 0 Å². The van der Waals surface area contributed by atoms with E-state index >= 15 is 0 Å². The number of rotatable bonds is 6. The van der Waals surface area contributed by atoms with Crippen LogP contribution in [0.15, 0.2) is 211 Å². The van der Waals surface area contributed by atoms with Gasteiger partial charge in [-0.3, -0.25) is 0 Å². The molecule has 2 aromatic heterocycles. The van der Waals surface area contributed by atoms with Crippen molar-refractivity contribution in [1.29, 1.82) is 0 Å². The van der Waals surface area contributed by atoms with Crippen molar-refractivity contribution in [2.45, 2.75) is 19.3 Å². The quantitative estimate of drug-likeness (QED) is 0.168. The van der Waals surface area contributed by atoms with Crippen molar-refractivity contribution >= 4 is 60.8 Å². The van der Waals surface area contributed by atoms with E-state index in [9.17, 15) is 0 Å². The molecule has 0 atom stereocenters. The lowest BCUT2D eigenvalue weighted by Gasteiger charge is -2.29. The largest absolute Gasteiger partial charge is 0.456 e. The van der Waals surface area contributed by atoms with Crippen LogP contribution in [0.4, 0.5) is 17.1 Å². The second-order valence-corrected chi connectivity index (χ2v) is 16.5. The van der Waals surface area contributed by atoms with Gasteiger partial charge in [0.1, 0.15) is 11.2 Å². The fourth-order valence-corrected chi connectivity index (χ4v) is 9.97. The van der Waals surface area contributed by atoms with Gasteiger partial charge in [0.15, 0.2) is 0 Å². The number of anilines is 3. The van der Waals surface area contributed by atoms with E-state index in [0.29, 0.717) is 0 Å². The fraction of sp³-hybridized carbons (Fsp3) is 0.0526. The first kappa shape index (κ1) is 34.4. The van der Waals surface area contributed by atoms with Crippen LogP contribution in [0.1, 0.15) is 25.0 Å². The Bertz CT molecular complexity index is 3420. The van der Waals surface area contributed by atoms with Crippen LogP contribution < -0.4 is 4.90 Å². The molecule has 3 nitrogen and oxygen atoms in total. The summed E-state index contributed by atoms with van der Waals surface area (Å²) in [6.07, 6.45) is 0. The Morgan fingerprint density at radius 2 is 0.933 bits per heavy atom. The zero-order chi connectivity index (χ0) is 40.0. The molecule has 0 amide bonds. The summed E-state index contributed by atoms with van der Waals surface area (Å²) in [5.41, 5.74) is 18.3. The number of aromatic nitrogens is 1. The summed E-state index contributed by atoms with van der Waals surface area (Å²) in [5, 5.41) is 4.74. The van der Waals surface area contributed by atoms with Crippen molar-refractivity contribution in [2.75, 3.05) is 4.90 Å². The van der Waals surface area contributed by atoms with E-state index in [-0.39, 0.29) is 5.41 Å². The molecule has 9 aromatic carbocycles. The Kier molecular flexibility index (Phi) is 7.58. The van der Waals surface area contributed by atoms with Crippen molar-refractivity contribution in [1.82, 2.24) is 4.57 Å². The van der Waals surface area contributed by atoms with Gasteiger partial charge in [0.25, 0.3) is 0 Å². The Morgan fingerprint density at radius 1 is 0.383 bits per heavy atom. The van der Waals surface area contributed by atoms with E-state index in [0.717, 1.165) is 55.8 Å². The summed E-state index contributed by atoms with van der Waals surface area (Å²) < 4.78 is 8.95.